The largest absolute Gasteiger partial charge is 0.337 e. The molecule has 0 unspecified atom stereocenters. The Balaban J connectivity index is 1.83. The molecule has 3 rings (SSSR count). The number of hydrogen-bond donors (Lipinski definition) is 0. The van der Waals surface area contributed by atoms with Gasteiger partial charge < -0.3 is 9.09 Å². The molecule has 0 radical (unpaired) electrons. The Bertz CT molecular complexity index is 682. The van der Waals surface area contributed by atoms with Crippen molar-refractivity contribution in [2.45, 2.75) is 20.4 Å². The normalized spacial score (nSPS) is 10.8. The molecular weight excluding hydrogens is 240 g/mol. The lowest BCUT2D eigenvalue weighted by molar-refractivity contribution is 0.370. The summed E-state index contributed by atoms with van der Waals surface area (Å²) in [5.74, 6) is 2.12. The molecule has 0 aliphatic rings. The fourth-order valence-corrected chi connectivity index (χ4v) is 1.86. The zero-order valence-corrected chi connectivity index (χ0v) is 10.9. The van der Waals surface area contributed by atoms with Gasteiger partial charge in [-0.3, -0.25) is 0 Å². The summed E-state index contributed by atoms with van der Waals surface area (Å²) in [6, 6.07) is 8.05. The van der Waals surface area contributed by atoms with Crippen LogP contribution in [0.4, 0.5) is 0 Å². The summed E-state index contributed by atoms with van der Waals surface area (Å²) in [5.41, 5.74) is 2.17. The zero-order chi connectivity index (χ0) is 13.2. The van der Waals surface area contributed by atoms with E-state index in [1.807, 2.05) is 48.9 Å². The summed E-state index contributed by atoms with van der Waals surface area (Å²) in [7, 11) is 0. The van der Waals surface area contributed by atoms with Crippen molar-refractivity contribution >= 4 is 0 Å². The van der Waals surface area contributed by atoms with Gasteiger partial charge >= 0.3 is 0 Å². The number of benzene rings is 1. The molecule has 5 nitrogen and oxygen atoms in total. The Labute approximate surface area is 110 Å². The van der Waals surface area contributed by atoms with Gasteiger partial charge in [0.25, 0.3) is 0 Å². The van der Waals surface area contributed by atoms with E-state index in [0.717, 1.165) is 11.4 Å². The Morgan fingerprint density at radius 2 is 1.95 bits per heavy atom. The monoisotopic (exact) mass is 254 g/mol. The fraction of sp³-hybridized carbons (Fsp3) is 0.214. The highest BCUT2D eigenvalue weighted by atomic mass is 16.5. The lowest BCUT2D eigenvalue weighted by Gasteiger charge is -1.98. The first kappa shape index (κ1) is 11.6. The predicted molar refractivity (Wildman–Crippen MR) is 70.5 cm³/mol. The first-order valence-electron chi connectivity index (χ1n) is 6.10. The van der Waals surface area contributed by atoms with Crippen LogP contribution in [0, 0.1) is 13.8 Å². The number of rotatable bonds is 3. The highest BCUT2D eigenvalue weighted by molar-refractivity contribution is 5.54. The van der Waals surface area contributed by atoms with Crippen LogP contribution in [0.3, 0.4) is 0 Å². The number of aromatic nitrogens is 4. The van der Waals surface area contributed by atoms with Crippen molar-refractivity contribution in [2.75, 3.05) is 0 Å². The number of aryl methyl sites for hydroxylation is 2. The lowest BCUT2D eigenvalue weighted by atomic mass is 10.1. The van der Waals surface area contributed by atoms with Gasteiger partial charge in [0.15, 0.2) is 0 Å². The molecule has 0 saturated carbocycles. The van der Waals surface area contributed by atoms with Gasteiger partial charge in [-0.15, -0.1) is 0 Å². The van der Waals surface area contributed by atoms with Crippen LogP contribution < -0.4 is 0 Å². The lowest BCUT2D eigenvalue weighted by Crippen LogP contribution is -2.00. The van der Waals surface area contributed by atoms with Crippen molar-refractivity contribution < 1.29 is 4.52 Å². The van der Waals surface area contributed by atoms with E-state index in [1.54, 1.807) is 6.20 Å². The van der Waals surface area contributed by atoms with Crippen LogP contribution in [0.1, 0.15) is 17.3 Å². The second-order valence-electron chi connectivity index (χ2n) is 4.48. The Morgan fingerprint density at radius 3 is 2.63 bits per heavy atom. The van der Waals surface area contributed by atoms with Gasteiger partial charge in [0.05, 0.1) is 0 Å². The van der Waals surface area contributed by atoms with Gasteiger partial charge in [-0.25, -0.2) is 4.98 Å². The van der Waals surface area contributed by atoms with Crippen molar-refractivity contribution in [3.8, 4) is 11.4 Å². The van der Waals surface area contributed by atoms with Crippen LogP contribution in [0.2, 0.25) is 0 Å². The minimum Gasteiger partial charge on any atom is -0.337 e. The maximum Gasteiger partial charge on any atom is 0.246 e. The molecule has 0 atom stereocenters. The smallest absolute Gasteiger partial charge is 0.246 e. The summed E-state index contributed by atoms with van der Waals surface area (Å²) in [6.45, 7) is 4.54. The van der Waals surface area contributed by atoms with Crippen LogP contribution in [-0.2, 0) is 6.54 Å². The minimum absolute atomic E-state index is 0.546. The average Bonchev–Trinajstić information content (AvgIpc) is 3.01. The molecular formula is C14H14N4O. The third-order valence-electron chi connectivity index (χ3n) is 3.01. The molecule has 0 aliphatic carbocycles. The molecule has 19 heavy (non-hydrogen) atoms. The summed E-state index contributed by atoms with van der Waals surface area (Å²) in [4.78, 5) is 8.56. The molecule has 2 heterocycles. The Hall–Kier alpha value is -2.43. The maximum absolute atomic E-state index is 5.27. The van der Waals surface area contributed by atoms with E-state index >= 15 is 0 Å². The van der Waals surface area contributed by atoms with Crippen LogP contribution in [0.5, 0.6) is 0 Å². The first-order valence-corrected chi connectivity index (χ1v) is 6.10. The molecule has 0 amide bonds. The molecule has 0 spiro atoms. The molecule has 2 aromatic heterocycles. The van der Waals surface area contributed by atoms with Gasteiger partial charge in [0.2, 0.25) is 11.7 Å². The van der Waals surface area contributed by atoms with Gasteiger partial charge in [0, 0.05) is 18.0 Å². The molecule has 0 bridgehead atoms. The van der Waals surface area contributed by atoms with Crippen molar-refractivity contribution in [2.24, 2.45) is 0 Å². The van der Waals surface area contributed by atoms with Crippen molar-refractivity contribution in [3.63, 3.8) is 0 Å². The first-order chi connectivity index (χ1) is 9.22. The predicted octanol–water partition coefficient (Wildman–Crippen LogP) is 2.60. The van der Waals surface area contributed by atoms with E-state index in [9.17, 15) is 0 Å². The van der Waals surface area contributed by atoms with E-state index in [1.165, 1.54) is 5.56 Å². The van der Waals surface area contributed by atoms with Crippen LogP contribution in [0.15, 0.2) is 41.2 Å². The number of imidazole rings is 1. The summed E-state index contributed by atoms with van der Waals surface area (Å²) in [6.07, 6.45) is 3.65. The van der Waals surface area contributed by atoms with E-state index < -0.39 is 0 Å². The third kappa shape index (κ3) is 2.40. The van der Waals surface area contributed by atoms with Crippen LogP contribution in [-0.4, -0.2) is 19.7 Å². The minimum atomic E-state index is 0.546. The van der Waals surface area contributed by atoms with Gasteiger partial charge in [-0.1, -0.05) is 35.0 Å². The van der Waals surface area contributed by atoms with Crippen LogP contribution in [0.25, 0.3) is 11.4 Å². The quantitative estimate of drug-likeness (QED) is 0.721. The Kier molecular flexibility index (Phi) is 2.87. The molecule has 1 aromatic carbocycles. The van der Waals surface area contributed by atoms with Crippen molar-refractivity contribution in [3.05, 3.63) is 53.9 Å². The third-order valence-corrected chi connectivity index (χ3v) is 3.01. The molecule has 0 fully saturated rings. The van der Waals surface area contributed by atoms with E-state index in [4.69, 9.17) is 4.52 Å². The molecule has 96 valence electrons. The SMILES string of the molecule is Cc1ccc(-c2noc(Cn3ccnc3C)n2)cc1. The second kappa shape index (κ2) is 4.68. The standard InChI is InChI=1S/C14H14N4O/c1-10-3-5-12(6-4-10)14-16-13(19-17-14)9-18-8-7-15-11(18)2/h3-8H,9H2,1-2H3. The molecule has 0 aliphatic heterocycles. The summed E-state index contributed by atoms with van der Waals surface area (Å²) in [5, 5.41) is 4.01. The van der Waals surface area contributed by atoms with Gasteiger partial charge in [0.1, 0.15) is 12.4 Å². The topological polar surface area (TPSA) is 56.7 Å². The second-order valence-corrected chi connectivity index (χ2v) is 4.48. The molecule has 0 N–H and O–H groups in total. The summed E-state index contributed by atoms with van der Waals surface area (Å²) < 4.78 is 7.23. The van der Waals surface area contributed by atoms with Crippen molar-refractivity contribution in [1.29, 1.82) is 0 Å². The molecule has 0 saturated heterocycles. The number of hydrogen-bond acceptors (Lipinski definition) is 4. The van der Waals surface area contributed by atoms with E-state index in [0.29, 0.717) is 18.3 Å². The van der Waals surface area contributed by atoms with Crippen molar-refractivity contribution in [1.82, 2.24) is 19.7 Å². The summed E-state index contributed by atoms with van der Waals surface area (Å²) >= 11 is 0. The average molecular weight is 254 g/mol. The van der Waals surface area contributed by atoms with Gasteiger partial charge in [-0.2, -0.15) is 4.98 Å². The molecule has 5 heteroatoms. The molecule has 3 aromatic rings. The number of nitrogens with zero attached hydrogens (tertiary/aromatic N) is 4. The van der Waals surface area contributed by atoms with E-state index in [2.05, 4.69) is 15.1 Å². The van der Waals surface area contributed by atoms with Gasteiger partial charge in [-0.05, 0) is 13.8 Å². The van der Waals surface area contributed by atoms with Crippen LogP contribution >= 0.6 is 0 Å². The highest BCUT2D eigenvalue weighted by Crippen LogP contribution is 2.16. The highest BCUT2D eigenvalue weighted by Gasteiger charge is 2.09. The van der Waals surface area contributed by atoms with E-state index in [-0.39, 0.29) is 0 Å². The maximum atomic E-state index is 5.27. The zero-order valence-electron chi connectivity index (χ0n) is 10.9. The fourth-order valence-electron chi connectivity index (χ4n) is 1.86. The Morgan fingerprint density at radius 1 is 1.16 bits per heavy atom.